The highest BCUT2D eigenvalue weighted by Gasteiger charge is 2.44. The lowest BCUT2D eigenvalue weighted by Crippen LogP contribution is -2.55. The average molecular weight is 506 g/mol. The van der Waals surface area contributed by atoms with E-state index in [4.69, 9.17) is 21.1 Å². The van der Waals surface area contributed by atoms with Crippen molar-refractivity contribution in [2.45, 2.75) is 62.8 Å². The molecule has 190 valence electrons. The molecular formula is C26H32ClNO7. The number of likely N-dealkylation sites (tertiary alicyclic amines) is 1. The maximum Gasteiger partial charge on any atom is 0.219 e. The standard InChI is InChI=1S/C26H32ClNO7/c1-15(30)28-10-8-20(9-11-28)34-19-5-2-16(3-6-19)12-18-13-17(4-7-21(18)27)26-25(33)24(32)23(31)22(14-29)35-26/h2-7,13,20,22-26,29,31-33H,8-12,14H2,1H3/t22?,23-,24+,25-,26+/m1/s1. The van der Waals surface area contributed by atoms with Gasteiger partial charge in [-0.15, -0.1) is 0 Å². The molecule has 0 bridgehead atoms. The molecule has 1 unspecified atom stereocenters. The maximum atomic E-state index is 11.5. The zero-order valence-electron chi connectivity index (χ0n) is 19.6. The molecule has 5 atom stereocenters. The van der Waals surface area contributed by atoms with Crippen LogP contribution < -0.4 is 4.74 Å². The third-order valence-corrected chi connectivity index (χ3v) is 7.17. The van der Waals surface area contributed by atoms with Gasteiger partial charge in [0.25, 0.3) is 0 Å². The second kappa shape index (κ2) is 11.2. The van der Waals surface area contributed by atoms with Crippen molar-refractivity contribution >= 4 is 17.5 Å². The molecule has 2 aromatic carbocycles. The number of carbonyl (C=O) groups is 1. The molecule has 8 nitrogen and oxygen atoms in total. The Hall–Kier alpha value is -2.20. The first-order chi connectivity index (χ1) is 16.8. The number of amides is 1. The predicted molar refractivity (Wildman–Crippen MR) is 129 cm³/mol. The summed E-state index contributed by atoms with van der Waals surface area (Å²) in [5.74, 6) is 0.873. The highest BCUT2D eigenvalue weighted by atomic mass is 35.5. The molecule has 0 spiro atoms. The summed E-state index contributed by atoms with van der Waals surface area (Å²) in [7, 11) is 0. The van der Waals surface area contributed by atoms with Gasteiger partial charge in [-0.3, -0.25) is 4.79 Å². The minimum Gasteiger partial charge on any atom is -0.490 e. The van der Waals surface area contributed by atoms with Gasteiger partial charge in [0.15, 0.2) is 0 Å². The molecule has 4 N–H and O–H groups in total. The summed E-state index contributed by atoms with van der Waals surface area (Å²) in [5.41, 5.74) is 2.42. The summed E-state index contributed by atoms with van der Waals surface area (Å²) in [4.78, 5) is 13.3. The lowest BCUT2D eigenvalue weighted by molar-refractivity contribution is -0.231. The molecule has 2 aliphatic rings. The van der Waals surface area contributed by atoms with E-state index < -0.39 is 37.1 Å². The number of aliphatic hydroxyl groups excluding tert-OH is 4. The fourth-order valence-corrected chi connectivity index (χ4v) is 4.86. The van der Waals surface area contributed by atoms with E-state index in [9.17, 15) is 25.2 Å². The third kappa shape index (κ3) is 5.97. The van der Waals surface area contributed by atoms with Gasteiger partial charge in [0, 0.05) is 37.9 Å². The van der Waals surface area contributed by atoms with Crippen LogP contribution in [0.4, 0.5) is 0 Å². The highest BCUT2D eigenvalue weighted by molar-refractivity contribution is 6.31. The molecule has 0 radical (unpaired) electrons. The second-order valence-electron chi connectivity index (χ2n) is 9.24. The van der Waals surface area contributed by atoms with Crippen molar-refractivity contribution in [3.63, 3.8) is 0 Å². The van der Waals surface area contributed by atoms with Crippen molar-refractivity contribution in [1.29, 1.82) is 0 Å². The van der Waals surface area contributed by atoms with Crippen LogP contribution in [0.5, 0.6) is 5.75 Å². The van der Waals surface area contributed by atoms with Crippen LogP contribution >= 0.6 is 11.6 Å². The number of ether oxygens (including phenoxy) is 2. The average Bonchev–Trinajstić information content (AvgIpc) is 2.86. The first-order valence-corrected chi connectivity index (χ1v) is 12.2. The van der Waals surface area contributed by atoms with E-state index >= 15 is 0 Å². The second-order valence-corrected chi connectivity index (χ2v) is 9.65. The van der Waals surface area contributed by atoms with Gasteiger partial charge in [0.2, 0.25) is 5.91 Å². The summed E-state index contributed by atoms with van der Waals surface area (Å²) in [6.45, 7) is 2.53. The van der Waals surface area contributed by atoms with E-state index in [2.05, 4.69) is 0 Å². The van der Waals surface area contributed by atoms with Crippen molar-refractivity contribution in [1.82, 2.24) is 4.90 Å². The Bertz CT molecular complexity index is 1010. The Kier molecular flexibility index (Phi) is 8.31. The van der Waals surface area contributed by atoms with Crippen molar-refractivity contribution in [3.05, 3.63) is 64.2 Å². The zero-order chi connectivity index (χ0) is 25.1. The monoisotopic (exact) mass is 505 g/mol. The van der Waals surface area contributed by atoms with Crippen molar-refractivity contribution in [2.24, 2.45) is 0 Å². The molecule has 0 aromatic heterocycles. The quantitative estimate of drug-likeness (QED) is 0.473. The SMILES string of the molecule is CC(=O)N1CCC(Oc2ccc(Cc3cc([C@@H]4OC(CO)[C@@H](O)[C@H](O)[C@H]4O)ccc3Cl)cc2)CC1. The fourth-order valence-electron chi connectivity index (χ4n) is 4.67. The lowest BCUT2D eigenvalue weighted by Gasteiger charge is -2.40. The first kappa shape index (κ1) is 25.9. The minimum atomic E-state index is -1.44. The summed E-state index contributed by atoms with van der Waals surface area (Å²) in [6, 6.07) is 13.0. The Morgan fingerprint density at radius 2 is 1.74 bits per heavy atom. The van der Waals surface area contributed by atoms with Crippen LogP contribution in [0, 0.1) is 0 Å². The molecule has 1 amide bonds. The Morgan fingerprint density at radius 3 is 2.37 bits per heavy atom. The molecule has 2 heterocycles. The molecular weight excluding hydrogens is 474 g/mol. The lowest BCUT2D eigenvalue weighted by atomic mass is 9.90. The third-order valence-electron chi connectivity index (χ3n) is 6.80. The molecule has 2 fully saturated rings. The van der Waals surface area contributed by atoms with E-state index in [-0.39, 0.29) is 12.0 Å². The van der Waals surface area contributed by atoms with Gasteiger partial charge in [-0.1, -0.05) is 35.9 Å². The van der Waals surface area contributed by atoms with Gasteiger partial charge in [-0.05, 0) is 41.3 Å². The highest BCUT2D eigenvalue weighted by Crippen LogP contribution is 2.34. The van der Waals surface area contributed by atoms with E-state index in [1.807, 2.05) is 35.2 Å². The number of carbonyl (C=O) groups excluding carboxylic acids is 1. The van der Waals surface area contributed by atoms with Crippen molar-refractivity contribution < 1.29 is 34.7 Å². The number of hydrogen-bond acceptors (Lipinski definition) is 7. The number of piperidine rings is 1. The van der Waals surface area contributed by atoms with Gasteiger partial charge in [-0.2, -0.15) is 0 Å². The van der Waals surface area contributed by atoms with Crippen LogP contribution in [0.1, 0.15) is 42.6 Å². The van der Waals surface area contributed by atoms with Gasteiger partial charge >= 0.3 is 0 Å². The van der Waals surface area contributed by atoms with Crippen LogP contribution in [0.2, 0.25) is 5.02 Å². The molecule has 2 saturated heterocycles. The Morgan fingerprint density at radius 1 is 1.06 bits per heavy atom. The summed E-state index contributed by atoms with van der Waals surface area (Å²) in [6.07, 6.45) is -3.84. The molecule has 2 aliphatic heterocycles. The fraction of sp³-hybridized carbons (Fsp3) is 0.500. The molecule has 4 rings (SSSR count). The van der Waals surface area contributed by atoms with E-state index in [1.165, 1.54) is 0 Å². The van der Waals surface area contributed by atoms with Crippen LogP contribution in [0.3, 0.4) is 0 Å². The topological polar surface area (TPSA) is 120 Å². The Labute approximate surface area is 209 Å². The summed E-state index contributed by atoms with van der Waals surface area (Å²) >= 11 is 6.44. The zero-order valence-corrected chi connectivity index (χ0v) is 20.3. The van der Waals surface area contributed by atoms with Crippen LogP contribution in [-0.4, -0.2) is 81.4 Å². The van der Waals surface area contributed by atoms with E-state index in [0.717, 1.165) is 29.7 Å². The molecule has 0 aliphatic carbocycles. The normalized spacial score (nSPS) is 27.6. The first-order valence-electron chi connectivity index (χ1n) is 11.9. The largest absolute Gasteiger partial charge is 0.490 e. The van der Waals surface area contributed by atoms with Gasteiger partial charge < -0.3 is 34.8 Å². The van der Waals surface area contributed by atoms with E-state index in [0.29, 0.717) is 30.1 Å². The molecule has 0 saturated carbocycles. The molecule has 35 heavy (non-hydrogen) atoms. The number of halogens is 1. The van der Waals surface area contributed by atoms with Crippen molar-refractivity contribution in [3.8, 4) is 5.75 Å². The predicted octanol–water partition coefficient (Wildman–Crippen LogP) is 1.84. The van der Waals surface area contributed by atoms with Gasteiger partial charge in [0.05, 0.1) is 6.61 Å². The molecule has 9 heteroatoms. The minimum absolute atomic E-state index is 0.0844. The van der Waals surface area contributed by atoms with E-state index in [1.54, 1.807) is 19.1 Å². The number of aliphatic hydroxyl groups is 4. The van der Waals surface area contributed by atoms with Crippen LogP contribution in [0.15, 0.2) is 42.5 Å². The van der Waals surface area contributed by atoms with Gasteiger partial charge in [-0.25, -0.2) is 0 Å². The molecule has 2 aromatic rings. The number of hydrogen-bond donors (Lipinski definition) is 4. The van der Waals surface area contributed by atoms with Gasteiger partial charge in [0.1, 0.15) is 42.4 Å². The smallest absolute Gasteiger partial charge is 0.219 e. The van der Waals surface area contributed by atoms with Crippen LogP contribution in [0.25, 0.3) is 0 Å². The van der Waals surface area contributed by atoms with Crippen LogP contribution in [-0.2, 0) is 16.0 Å². The number of nitrogens with zero attached hydrogens (tertiary/aromatic N) is 1. The summed E-state index contributed by atoms with van der Waals surface area (Å²) < 4.78 is 11.8. The number of rotatable bonds is 6. The Balaban J connectivity index is 1.41. The maximum absolute atomic E-state index is 11.5. The van der Waals surface area contributed by atoms with Crippen molar-refractivity contribution in [2.75, 3.05) is 19.7 Å². The number of benzene rings is 2. The summed E-state index contributed by atoms with van der Waals surface area (Å²) in [5, 5.41) is 40.6.